The van der Waals surface area contributed by atoms with Gasteiger partial charge in [-0.25, -0.2) is 0 Å². The number of amides is 1. The number of nitrogens with one attached hydrogen (secondary N) is 1. The number of rotatable bonds is 53. The minimum absolute atomic E-state index is 0.0368. The van der Waals surface area contributed by atoms with Crippen molar-refractivity contribution in [3.8, 4) is 0 Å². The third kappa shape index (κ3) is 51.5. The van der Waals surface area contributed by atoms with Crippen LogP contribution in [-0.4, -0.2) is 46.9 Å². The highest BCUT2D eigenvalue weighted by Gasteiger charge is 2.24. The van der Waals surface area contributed by atoms with Crippen molar-refractivity contribution in [2.45, 2.75) is 309 Å². The molecular formula is C63H113NO5. The third-order valence-electron chi connectivity index (χ3n) is 13.3. The molecule has 3 unspecified atom stereocenters. The molecule has 6 nitrogen and oxygen atoms in total. The van der Waals surface area contributed by atoms with Crippen molar-refractivity contribution in [1.82, 2.24) is 5.32 Å². The topological polar surface area (TPSA) is 95.9 Å². The van der Waals surface area contributed by atoms with Crippen molar-refractivity contribution in [2.24, 2.45) is 0 Å². The predicted molar refractivity (Wildman–Crippen MR) is 301 cm³/mol. The zero-order valence-corrected chi connectivity index (χ0v) is 45.7. The Morgan fingerprint density at radius 3 is 1.25 bits per heavy atom. The lowest BCUT2D eigenvalue weighted by molar-refractivity contribution is -0.151. The van der Waals surface area contributed by atoms with Crippen LogP contribution in [-0.2, 0) is 14.3 Å². The van der Waals surface area contributed by atoms with Crippen LogP contribution in [0.4, 0.5) is 0 Å². The molecular weight excluding hydrogens is 851 g/mol. The Labute approximate surface area is 428 Å². The molecule has 0 aliphatic heterocycles. The van der Waals surface area contributed by atoms with Crippen molar-refractivity contribution < 1.29 is 24.5 Å². The maximum atomic E-state index is 13.3. The van der Waals surface area contributed by atoms with E-state index in [0.717, 1.165) is 83.5 Å². The number of ether oxygens (including phenoxy) is 1. The van der Waals surface area contributed by atoms with Gasteiger partial charge in [0.15, 0.2) is 0 Å². The second-order valence-electron chi connectivity index (χ2n) is 20.0. The fourth-order valence-corrected chi connectivity index (χ4v) is 8.81. The van der Waals surface area contributed by atoms with Gasteiger partial charge in [-0.2, -0.15) is 0 Å². The normalized spacial score (nSPS) is 13.6. The van der Waals surface area contributed by atoms with Crippen molar-refractivity contribution in [1.29, 1.82) is 0 Å². The standard InChI is InChI=1S/C63H113NO5/c1-4-7-10-13-16-19-22-25-28-30-31-33-35-38-41-44-47-50-53-56-63(68)69-59(54-51-48-45-42-39-36-27-24-21-18-15-12-9-6-3)57-62(67)64-60(58-65)61(66)55-52-49-46-43-40-37-34-32-29-26-23-20-17-14-11-8-5-2/h9,12,16,18-19,21,25,27-28,36,42,45,59-61,65-66H,4-8,10-11,13-15,17,20,22-24,26,29-35,37-41,43-44,46-58H2,1-3H3,(H,64,67)/b12-9+,19-16-,21-18+,28-25-,36-27+,45-42+. The van der Waals surface area contributed by atoms with Crippen LogP contribution in [0, 0.1) is 0 Å². The van der Waals surface area contributed by atoms with Crippen LogP contribution in [0.3, 0.4) is 0 Å². The first-order valence-electron chi connectivity index (χ1n) is 29.7. The van der Waals surface area contributed by atoms with Crippen LogP contribution in [0.2, 0.25) is 0 Å². The Balaban J connectivity index is 4.57. The lowest BCUT2D eigenvalue weighted by Gasteiger charge is -2.24. The molecule has 0 aliphatic rings. The average Bonchev–Trinajstić information content (AvgIpc) is 3.34. The Morgan fingerprint density at radius 2 is 0.797 bits per heavy atom. The molecule has 69 heavy (non-hydrogen) atoms. The molecule has 0 aliphatic carbocycles. The second-order valence-corrected chi connectivity index (χ2v) is 20.0. The van der Waals surface area contributed by atoms with E-state index in [1.165, 1.54) is 161 Å². The summed E-state index contributed by atoms with van der Waals surface area (Å²) in [4.78, 5) is 26.3. The number of allylic oxidation sites excluding steroid dienone is 12. The van der Waals surface area contributed by atoms with E-state index < -0.39 is 18.2 Å². The molecule has 0 radical (unpaired) electrons. The summed E-state index contributed by atoms with van der Waals surface area (Å²) in [5.74, 6) is -0.527. The number of hydrogen-bond acceptors (Lipinski definition) is 5. The lowest BCUT2D eigenvalue weighted by atomic mass is 10.0. The predicted octanol–water partition coefficient (Wildman–Crippen LogP) is 18.5. The molecule has 0 aromatic carbocycles. The summed E-state index contributed by atoms with van der Waals surface area (Å²) in [6, 6.07) is -0.723. The van der Waals surface area contributed by atoms with Gasteiger partial charge in [0.1, 0.15) is 6.10 Å². The summed E-state index contributed by atoms with van der Waals surface area (Å²) in [6.45, 7) is 6.36. The SMILES string of the molecule is CC/C=C/C/C=C/C/C=C/C/C=C/CCCC(CC(=O)NC(CO)C(O)CCCCCCCCCCCCCCCCCCC)OC(=O)CCCCCCCCCCC/C=C\C/C=C\CCCCC. The number of aliphatic hydroxyl groups excluding tert-OH is 2. The summed E-state index contributed by atoms with van der Waals surface area (Å²) in [6.07, 6.45) is 72.6. The molecule has 6 heteroatoms. The van der Waals surface area contributed by atoms with Crippen LogP contribution < -0.4 is 5.32 Å². The van der Waals surface area contributed by atoms with Crippen LogP contribution >= 0.6 is 0 Å². The van der Waals surface area contributed by atoms with Gasteiger partial charge in [0.05, 0.1) is 25.2 Å². The zero-order chi connectivity index (χ0) is 50.2. The Hall–Kier alpha value is -2.70. The number of hydrogen-bond donors (Lipinski definition) is 3. The maximum absolute atomic E-state index is 13.3. The first kappa shape index (κ1) is 66.3. The molecule has 0 aromatic rings. The number of unbranched alkanes of at least 4 members (excludes halogenated alkanes) is 29. The Bertz CT molecular complexity index is 1270. The van der Waals surface area contributed by atoms with Gasteiger partial charge in [-0.1, -0.05) is 261 Å². The number of esters is 1. The minimum atomic E-state index is -0.806. The quantitative estimate of drug-likeness (QED) is 0.0321. The van der Waals surface area contributed by atoms with Crippen molar-refractivity contribution in [3.05, 3.63) is 72.9 Å². The first-order chi connectivity index (χ1) is 34.0. The molecule has 0 fully saturated rings. The average molecular weight is 965 g/mol. The Morgan fingerprint density at radius 1 is 0.435 bits per heavy atom. The molecule has 0 saturated carbocycles. The van der Waals surface area contributed by atoms with E-state index in [1.54, 1.807) is 0 Å². The molecule has 3 atom stereocenters. The van der Waals surface area contributed by atoms with Crippen LogP contribution in [0.25, 0.3) is 0 Å². The molecule has 0 bridgehead atoms. The molecule has 3 N–H and O–H groups in total. The molecule has 0 aromatic heterocycles. The highest BCUT2D eigenvalue weighted by atomic mass is 16.5. The largest absolute Gasteiger partial charge is 0.462 e. The summed E-state index contributed by atoms with van der Waals surface area (Å²) >= 11 is 0. The van der Waals surface area contributed by atoms with E-state index in [0.29, 0.717) is 19.3 Å². The van der Waals surface area contributed by atoms with Crippen LogP contribution in [0.15, 0.2) is 72.9 Å². The fourth-order valence-electron chi connectivity index (χ4n) is 8.81. The van der Waals surface area contributed by atoms with Gasteiger partial charge in [0, 0.05) is 6.42 Å². The van der Waals surface area contributed by atoms with E-state index in [2.05, 4.69) is 99.0 Å². The van der Waals surface area contributed by atoms with Gasteiger partial charge in [-0.3, -0.25) is 9.59 Å². The van der Waals surface area contributed by atoms with Gasteiger partial charge in [0.25, 0.3) is 0 Å². The fraction of sp³-hybridized carbons (Fsp3) is 0.778. The third-order valence-corrected chi connectivity index (χ3v) is 13.3. The van der Waals surface area contributed by atoms with Crippen LogP contribution in [0.1, 0.15) is 290 Å². The van der Waals surface area contributed by atoms with Crippen molar-refractivity contribution >= 4 is 11.9 Å². The van der Waals surface area contributed by atoms with E-state index >= 15 is 0 Å². The second kappa shape index (κ2) is 56.2. The molecule has 0 heterocycles. The smallest absolute Gasteiger partial charge is 0.306 e. The molecule has 0 spiro atoms. The lowest BCUT2D eigenvalue weighted by Crippen LogP contribution is -2.46. The summed E-state index contributed by atoms with van der Waals surface area (Å²) in [5.41, 5.74) is 0. The monoisotopic (exact) mass is 964 g/mol. The number of carbonyl (C=O) groups is 2. The van der Waals surface area contributed by atoms with Gasteiger partial charge in [-0.15, -0.1) is 0 Å². The van der Waals surface area contributed by atoms with Gasteiger partial charge >= 0.3 is 5.97 Å². The van der Waals surface area contributed by atoms with E-state index in [1.807, 2.05) is 0 Å². The first-order valence-corrected chi connectivity index (χ1v) is 29.7. The van der Waals surface area contributed by atoms with Crippen molar-refractivity contribution in [2.75, 3.05) is 6.61 Å². The maximum Gasteiger partial charge on any atom is 0.306 e. The van der Waals surface area contributed by atoms with Gasteiger partial charge < -0.3 is 20.3 Å². The zero-order valence-electron chi connectivity index (χ0n) is 45.7. The van der Waals surface area contributed by atoms with Gasteiger partial charge in [-0.05, 0) is 89.9 Å². The minimum Gasteiger partial charge on any atom is -0.462 e. The van der Waals surface area contributed by atoms with E-state index in [4.69, 9.17) is 4.74 Å². The van der Waals surface area contributed by atoms with Gasteiger partial charge in [0.2, 0.25) is 5.91 Å². The molecule has 1 amide bonds. The molecule has 400 valence electrons. The summed E-state index contributed by atoms with van der Waals surface area (Å²) < 4.78 is 5.94. The van der Waals surface area contributed by atoms with Crippen LogP contribution in [0.5, 0.6) is 0 Å². The number of aliphatic hydroxyl groups is 2. The van der Waals surface area contributed by atoms with E-state index in [-0.39, 0.29) is 24.9 Å². The van der Waals surface area contributed by atoms with Crippen molar-refractivity contribution in [3.63, 3.8) is 0 Å². The summed E-state index contributed by atoms with van der Waals surface area (Å²) in [5, 5.41) is 23.9. The number of carbonyl (C=O) groups excluding carboxylic acids is 2. The highest BCUT2D eigenvalue weighted by Crippen LogP contribution is 2.18. The van der Waals surface area contributed by atoms with E-state index in [9.17, 15) is 19.8 Å². The summed E-state index contributed by atoms with van der Waals surface area (Å²) in [7, 11) is 0. The molecule has 0 rings (SSSR count). The molecule has 0 saturated heterocycles. The highest BCUT2D eigenvalue weighted by molar-refractivity contribution is 5.77. The Kier molecular flexibility index (Phi) is 54.0.